The lowest BCUT2D eigenvalue weighted by molar-refractivity contribution is 0.450. The standard InChI is InChI=1S/C10H18N4O/c1-3-8-5-4-6-14(8)10-13-12-9(15-10)7(2)11/h7-8H,3-6,11H2,1-2H3. The van der Waals surface area contributed by atoms with Gasteiger partial charge in [0.05, 0.1) is 6.04 Å². The highest BCUT2D eigenvalue weighted by molar-refractivity contribution is 5.28. The van der Waals surface area contributed by atoms with E-state index in [9.17, 15) is 0 Å². The van der Waals surface area contributed by atoms with E-state index >= 15 is 0 Å². The van der Waals surface area contributed by atoms with E-state index in [1.807, 2.05) is 6.92 Å². The molecular weight excluding hydrogens is 192 g/mol. The van der Waals surface area contributed by atoms with Crippen LogP contribution in [0.3, 0.4) is 0 Å². The molecule has 84 valence electrons. The topological polar surface area (TPSA) is 68.2 Å². The Bertz CT molecular complexity index is 323. The van der Waals surface area contributed by atoms with Crippen molar-refractivity contribution in [3.05, 3.63) is 5.89 Å². The second kappa shape index (κ2) is 4.18. The van der Waals surface area contributed by atoms with E-state index in [0.29, 0.717) is 17.9 Å². The third kappa shape index (κ3) is 1.97. The number of hydrogen-bond acceptors (Lipinski definition) is 5. The summed E-state index contributed by atoms with van der Waals surface area (Å²) in [6.07, 6.45) is 3.54. The maximum absolute atomic E-state index is 5.68. The van der Waals surface area contributed by atoms with Crippen LogP contribution >= 0.6 is 0 Å². The fourth-order valence-electron chi connectivity index (χ4n) is 2.04. The van der Waals surface area contributed by atoms with Crippen molar-refractivity contribution in [2.75, 3.05) is 11.4 Å². The number of anilines is 1. The van der Waals surface area contributed by atoms with E-state index in [0.717, 1.165) is 13.0 Å². The number of hydrogen-bond donors (Lipinski definition) is 1. The molecule has 1 saturated heterocycles. The molecule has 0 saturated carbocycles. The summed E-state index contributed by atoms with van der Waals surface area (Å²) < 4.78 is 5.54. The fraction of sp³-hybridized carbons (Fsp3) is 0.800. The average Bonchev–Trinajstić information content (AvgIpc) is 2.85. The minimum atomic E-state index is -0.186. The van der Waals surface area contributed by atoms with E-state index in [1.54, 1.807) is 0 Å². The van der Waals surface area contributed by atoms with Crippen LogP contribution in [0.15, 0.2) is 4.42 Å². The van der Waals surface area contributed by atoms with Crippen molar-refractivity contribution in [2.45, 2.75) is 45.2 Å². The zero-order valence-corrected chi connectivity index (χ0v) is 9.31. The molecule has 0 spiro atoms. The van der Waals surface area contributed by atoms with Crippen LogP contribution in [0.5, 0.6) is 0 Å². The van der Waals surface area contributed by atoms with Crippen LogP contribution in [0.2, 0.25) is 0 Å². The lowest BCUT2D eigenvalue weighted by Gasteiger charge is -2.20. The summed E-state index contributed by atoms with van der Waals surface area (Å²) in [5.41, 5.74) is 5.68. The van der Waals surface area contributed by atoms with Crippen LogP contribution in [0.4, 0.5) is 6.01 Å². The van der Waals surface area contributed by atoms with E-state index in [1.165, 1.54) is 12.8 Å². The number of nitrogens with two attached hydrogens (primary N) is 1. The van der Waals surface area contributed by atoms with Crippen molar-refractivity contribution in [2.24, 2.45) is 5.73 Å². The van der Waals surface area contributed by atoms with Gasteiger partial charge < -0.3 is 15.1 Å². The first kappa shape index (κ1) is 10.4. The van der Waals surface area contributed by atoms with Crippen molar-refractivity contribution in [3.63, 3.8) is 0 Å². The quantitative estimate of drug-likeness (QED) is 0.818. The molecule has 0 amide bonds. The van der Waals surface area contributed by atoms with Gasteiger partial charge in [-0.2, -0.15) is 0 Å². The Morgan fingerprint density at radius 3 is 3.00 bits per heavy atom. The van der Waals surface area contributed by atoms with Gasteiger partial charge in [-0.15, -0.1) is 5.10 Å². The molecule has 0 aromatic carbocycles. The first-order valence-electron chi connectivity index (χ1n) is 5.58. The molecule has 2 atom stereocenters. The molecule has 2 unspecified atom stereocenters. The molecule has 5 heteroatoms. The highest BCUT2D eigenvalue weighted by Gasteiger charge is 2.27. The van der Waals surface area contributed by atoms with Crippen molar-refractivity contribution in [3.8, 4) is 0 Å². The van der Waals surface area contributed by atoms with E-state index < -0.39 is 0 Å². The zero-order valence-electron chi connectivity index (χ0n) is 9.31. The van der Waals surface area contributed by atoms with Gasteiger partial charge in [0.15, 0.2) is 0 Å². The molecule has 1 aliphatic heterocycles. The van der Waals surface area contributed by atoms with Crippen LogP contribution in [-0.4, -0.2) is 22.8 Å². The van der Waals surface area contributed by atoms with Crippen molar-refractivity contribution in [1.29, 1.82) is 0 Å². The molecule has 1 fully saturated rings. The van der Waals surface area contributed by atoms with Gasteiger partial charge in [0.1, 0.15) is 0 Å². The van der Waals surface area contributed by atoms with Crippen LogP contribution in [-0.2, 0) is 0 Å². The lowest BCUT2D eigenvalue weighted by Crippen LogP contribution is -2.28. The second-order valence-electron chi connectivity index (χ2n) is 4.11. The van der Waals surface area contributed by atoms with Gasteiger partial charge in [-0.25, -0.2) is 0 Å². The average molecular weight is 210 g/mol. The summed E-state index contributed by atoms with van der Waals surface area (Å²) in [5, 5.41) is 7.99. The van der Waals surface area contributed by atoms with Gasteiger partial charge in [-0.3, -0.25) is 0 Å². The molecule has 0 bridgehead atoms. The van der Waals surface area contributed by atoms with Gasteiger partial charge in [0, 0.05) is 12.6 Å². The molecule has 1 aromatic heterocycles. The Kier molecular flexibility index (Phi) is 2.90. The summed E-state index contributed by atoms with van der Waals surface area (Å²) in [6, 6.07) is 0.993. The predicted molar refractivity (Wildman–Crippen MR) is 57.6 cm³/mol. The van der Waals surface area contributed by atoms with Gasteiger partial charge in [0.25, 0.3) is 0 Å². The van der Waals surface area contributed by atoms with Crippen LogP contribution in [0.1, 0.15) is 45.0 Å². The monoisotopic (exact) mass is 210 g/mol. The fourth-order valence-corrected chi connectivity index (χ4v) is 2.04. The highest BCUT2D eigenvalue weighted by Crippen LogP contribution is 2.26. The SMILES string of the molecule is CCC1CCCN1c1nnc(C(C)N)o1. The van der Waals surface area contributed by atoms with Crippen LogP contribution in [0, 0.1) is 0 Å². The Morgan fingerprint density at radius 2 is 2.40 bits per heavy atom. The lowest BCUT2D eigenvalue weighted by atomic mass is 10.2. The molecule has 1 aliphatic rings. The number of nitrogens with zero attached hydrogens (tertiary/aromatic N) is 3. The van der Waals surface area contributed by atoms with Gasteiger partial charge in [-0.05, 0) is 26.2 Å². The molecule has 15 heavy (non-hydrogen) atoms. The van der Waals surface area contributed by atoms with E-state index in [-0.39, 0.29) is 6.04 Å². The smallest absolute Gasteiger partial charge is 0.318 e. The summed E-state index contributed by atoms with van der Waals surface area (Å²) in [6.45, 7) is 5.05. The highest BCUT2D eigenvalue weighted by atomic mass is 16.4. The second-order valence-corrected chi connectivity index (χ2v) is 4.11. The molecule has 2 heterocycles. The minimum absolute atomic E-state index is 0.186. The summed E-state index contributed by atoms with van der Waals surface area (Å²) in [4.78, 5) is 2.19. The third-order valence-corrected chi connectivity index (χ3v) is 2.91. The Balaban J connectivity index is 2.14. The number of rotatable bonds is 3. The summed E-state index contributed by atoms with van der Waals surface area (Å²) in [5.74, 6) is 0.520. The molecule has 5 nitrogen and oxygen atoms in total. The molecular formula is C10H18N4O. The summed E-state index contributed by atoms with van der Waals surface area (Å²) in [7, 11) is 0. The normalized spacial score (nSPS) is 23.4. The predicted octanol–water partition coefficient (Wildman–Crippen LogP) is 1.47. The largest absolute Gasteiger partial charge is 0.406 e. The van der Waals surface area contributed by atoms with E-state index in [2.05, 4.69) is 22.0 Å². The first-order valence-corrected chi connectivity index (χ1v) is 5.58. The Morgan fingerprint density at radius 1 is 1.60 bits per heavy atom. The van der Waals surface area contributed by atoms with Crippen molar-refractivity contribution < 1.29 is 4.42 Å². The Hall–Kier alpha value is -1.10. The van der Waals surface area contributed by atoms with Crippen molar-refractivity contribution >= 4 is 6.01 Å². The molecule has 1 aromatic rings. The summed E-state index contributed by atoms with van der Waals surface area (Å²) >= 11 is 0. The first-order chi connectivity index (χ1) is 7.22. The molecule has 0 aliphatic carbocycles. The third-order valence-electron chi connectivity index (χ3n) is 2.91. The maximum Gasteiger partial charge on any atom is 0.318 e. The minimum Gasteiger partial charge on any atom is -0.406 e. The van der Waals surface area contributed by atoms with Gasteiger partial charge in [-0.1, -0.05) is 12.0 Å². The van der Waals surface area contributed by atoms with E-state index in [4.69, 9.17) is 10.2 Å². The molecule has 2 N–H and O–H groups in total. The zero-order chi connectivity index (χ0) is 10.8. The Labute approximate surface area is 89.6 Å². The van der Waals surface area contributed by atoms with Crippen molar-refractivity contribution in [1.82, 2.24) is 10.2 Å². The van der Waals surface area contributed by atoms with Gasteiger partial charge in [0.2, 0.25) is 5.89 Å². The molecule has 2 rings (SSSR count). The van der Waals surface area contributed by atoms with Crippen LogP contribution < -0.4 is 10.6 Å². The van der Waals surface area contributed by atoms with Gasteiger partial charge >= 0.3 is 6.01 Å². The number of aromatic nitrogens is 2. The maximum atomic E-state index is 5.68. The molecule has 0 radical (unpaired) electrons. The van der Waals surface area contributed by atoms with Crippen LogP contribution in [0.25, 0.3) is 0 Å².